The van der Waals surface area contributed by atoms with Crippen LogP contribution in [-0.4, -0.2) is 37.7 Å². The Morgan fingerprint density at radius 3 is 2.41 bits per heavy atom. The fourth-order valence-corrected chi connectivity index (χ4v) is 3.02. The van der Waals surface area contributed by atoms with E-state index in [9.17, 15) is 4.39 Å². The van der Waals surface area contributed by atoms with Crippen molar-refractivity contribution >= 4 is 36.4 Å². The first kappa shape index (κ1) is 21.7. The van der Waals surface area contributed by atoms with E-state index in [0.717, 1.165) is 38.2 Å². The van der Waals surface area contributed by atoms with Crippen LogP contribution >= 0.6 is 36.4 Å². The lowest BCUT2D eigenvalue weighted by molar-refractivity contribution is 0.169. The molecule has 1 N–H and O–H groups in total. The number of ether oxygens (including phenoxy) is 1. The average molecular weight is 374 g/mol. The van der Waals surface area contributed by atoms with Gasteiger partial charge in [0.25, 0.3) is 0 Å². The molecule has 0 radical (unpaired) electrons. The predicted molar refractivity (Wildman–Crippen MR) is 94.5 cm³/mol. The highest BCUT2D eigenvalue weighted by molar-refractivity contribution is 6.32. The van der Waals surface area contributed by atoms with Crippen molar-refractivity contribution in [2.24, 2.45) is 0 Å². The van der Waals surface area contributed by atoms with Gasteiger partial charge in [0, 0.05) is 32.2 Å². The second kappa shape index (κ2) is 10.5. The van der Waals surface area contributed by atoms with Crippen LogP contribution in [-0.2, 0) is 0 Å². The molecule has 1 atom stereocenters. The summed E-state index contributed by atoms with van der Waals surface area (Å²) in [6.07, 6.45) is 0.934. The van der Waals surface area contributed by atoms with E-state index in [-0.39, 0.29) is 42.4 Å². The van der Waals surface area contributed by atoms with Gasteiger partial charge in [-0.1, -0.05) is 18.5 Å². The van der Waals surface area contributed by atoms with Crippen LogP contribution in [0.1, 0.15) is 31.9 Å². The van der Waals surface area contributed by atoms with Gasteiger partial charge >= 0.3 is 0 Å². The molecule has 1 saturated heterocycles. The number of rotatable bonds is 5. The second-order valence-corrected chi connectivity index (χ2v) is 5.36. The molecule has 0 bridgehead atoms. The molecule has 0 amide bonds. The number of hydrogen-bond donors (Lipinski definition) is 1. The van der Waals surface area contributed by atoms with E-state index in [1.54, 1.807) is 6.07 Å². The van der Waals surface area contributed by atoms with Gasteiger partial charge in [-0.2, -0.15) is 0 Å². The lowest BCUT2D eigenvalue weighted by Crippen LogP contribution is -2.45. The number of benzene rings is 1. The summed E-state index contributed by atoms with van der Waals surface area (Å²) in [7, 11) is 0. The Hall–Kier alpha value is -0.260. The first-order valence-corrected chi connectivity index (χ1v) is 7.61. The maximum atomic E-state index is 14.1. The van der Waals surface area contributed by atoms with E-state index in [1.807, 2.05) is 13.0 Å². The summed E-state index contributed by atoms with van der Waals surface area (Å²) in [5, 5.41) is 3.69. The van der Waals surface area contributed by atoms with Gasteiger partial charge in [0.15, 0.2) is 11.6 Å². The standard InChI is InChI=1S/C15H22ClFN2O.2ClH/c1-3-14(19-7-5-18-6-8-19)11-9-12(16)15(20-4-2)13(17)10-11;;/h9-10,14,18H,3-8H2,1-2H3;2*1H/t14-;;/m0../s1. The molecular weight excluding hydrogens is 350 g/mol. The molecule has 1 aromatic rings. The van der Waals surface area contributed by atoms with Gasteiger partial charge in [-0.15, -0.1) is 24.8 Å². The SMILES string of the molecule is CCOc1c(F)cc([C@H](CC)N2CCNCC2)cc1Cl.Cl.Cl. The molecular formula is C15H24Cl3FN2O. The Morgan fingerprint density at radius 2 is 1.91 bits per heavy atom. The van der Waals surface area contributed by atoms with Crippen molar-refractivity contribution in [2.45, 2.75) is 26.3 Å². The quantitative estimate of drug-likeness (QED) is 0.841. The molecule has 3 nitrogen and oxygen atoms in total. The first-order valence-electron chi connectivity index (χ1n) is 7.23. The first-order chi connectivity index (χ1) is 9.67. The van der Waals surface area contributed by atoms with Crippen molar-refractivity contribution in [3.05, 3.63) is 28.5 Å². The molecule has 2 rings (SSSR count). The molecule has 1 aliphatic rings. The van der Waals surface area contributed by atoms with Crippen LogP contribution in [0.4, 0.5) is 4.39 Å². The number of nitrogens with one attached hydrogen (secondary N) is 1. The van der Waals surface area contributed by atoms with Crippen molar-refractivity contribution in [1.29, 1.82) is 0 Å². The highest BCUT2D eigenvalue weighted by Crippen LogP contribution is 2.34. The molecule has 1 fully saturated rings. The number of hydrogen-bond acceptors (Lipinski definition) is 3. The maximum absolute atomic E-state index is 14.1. The van der Waals surface area contributed by atoms with Crippen LogP contribution < -0.4 is 10.1 Å². The fourth-order valence-electron chi connectivity index (χ4n) is 2.75. The highest BCUT2D eigenvalue weighted by atomic mass is 35.5. The van der Waals surface area contributed by atoms with Crippen LogP contribution in [0.3, 0.4) is 0 Å². The van der Waals surface area contributed by atoms with E-state index < -0.39 is 0 Å². The molecule has 7 heteroatoms. The number of halogens is 4. The Bertz CT molecular complexity index is 433. The van der Waals surface area contributed by atoms with Gasteiger partial charge < -0.3 is 10.1 Å². The van der Waals surface area contributed by atoms with Crippen molar-refractivity contribution < 1.29 is 9.13 Å². The zero-order valence-corrected chi connectivity index (χ0v) is 15.3. The van der Waals surface area contributed by atoms with Crippen LogP contribution in [0.15, 0.2) is 12.1 Å². The fraction of sp³-hybridized carbons (Fsp3) is 0.600. The minimum absolute atomic E-state index is 0. The van der Waals surface area contributed by atoms with Crippen molar-refractivity contribution in [3.63, 3.8) is 0 Å². The van der Waals surface area contributed by atoms with Crippen molar-refractivity contribution in [1.82, 2.24) is 10.2 Å². The lowest BCUT2D eigenvalue weighted by Gasteiger charge is -2.35. The zero-order chi connectivity index (χ0) is 14.5. The molecule has 0 unspecified atom stereocenters. The van der Waals surface area contributed by atoms with Crippen LogP contribution in [0.2, 0.25) is 5.02 Å². The predicted octanol–water partition coefficient (Wildman–Crippen LogP) is 4.08. The van der Waals surface area contributed by atoms with E-state index in [0.29, 0.717) is 11.6 Å². The summed E-state index contributed by atoms with van der Waals surface area (Å²) >= 11 is 6.16. The van der Waals surface area contributed by atoms with Gasteiger partial charge in [0.05, 0.1) is 11.6 Å². The summed E-state index contributed by atoms with van der Waals surface area (Å²) < 4.78 is 19.4. The van der Waals surface area contributed by atoms with Crippen LogP contribution in [0, 0.1) is 5.82 Å². The summed E-state index contributed by atoms with van der Waals surface area (Å²) in [6, 6.07) is 3.61. The summed E-state index contributed by atoms with van der Waals surface area (Å²) in [5.41, 5.74) is 0.931. The van der Waals surface area contributed by atoms with Crippen LogP contribution in [0.25, 0.3) is 0 Å². The monoisotopic (exact) mass is 372 g/mol. The smallest absolute Gasteiger partial charge is 0.173 e. The van der Waals surface area contributed by atoms with Gasteiger partial charge in [0.1, 0.15) is 0 Å². The second-order valence-electron chi connectivity index (χ2n) is 4.96. The van der Waals surface area contributed by atoms with Crippen LogP contribution in [0.5, 0.6) is 5.75 Å². The summed E-state index contributed by atoms with van der Waals surface area (Å²) in [4.78, 5) is 2.38. The topological polar surface area (TPSA) is 24.5 Å². The molecule has 0 aliphatic carbocycles. The number of piperazine rings is 1. The Labute approximate surface area is 149 Å². The Kier molecular flexibility index (Phi) is 10.4. The van der Waals surface area contributed by atoms with Crippen molar-refractivity contribution in [2.75, 3.05) is 32.8 Å². The van der Waals surface area contributed by atoms with Gasteiger partial charge in [-0.25, -0.2) is 4.39 Å². The summed E-state index contributed by atoms with van der Waals surface area (Å²) in [6.45, 7) is 8.25. The third-order valence-electron chi connectivity index (χ3n) is 3.67. The van der Waals surface area contributed by atoms with E-state index in [4.69, 9.17) is 16.3 Å². The largest absolute Gasteiger partial charge is 0.489 e. The number of nitrogens with zero attached hydrogens (tertiary/aromatic N) is 1. The van der Waals surface area contributed by atoms with E-state index in [2.05, 4.69) is 17.1 Å². The summed E-state index contributed by atoms with van der Waals surface area (Å²) in [5.74, 6) is -0.212. The molecule has 0 saturated carbocycles. The molecule has 0 aromatic heterocycles. The molecule has 1 aromatic carbocycles. The molecule has 1 heterocycles. The van der Waals surface area contributed by atoms with Gasteiger partial charge in [0.2, 0.25) is 0 Å². The molecule has 0 spiro atoms. The average Bonchev–Trinajstić information content (AvgIpc) is 2.45. The maximum Gasteiger partial charge on any atom is 0.173 e. The third kappa shape index (κ3) is 5.14. The molecule has 128 valence electrons. The van der Waals surface area contributed by atoms with E-state index >= 15 is 0 Å². The van der Waals surface area contributed by atoms with Crippen molar-refractivity contribution in [3.8, 4) is 5.75 Å². The Balaban J connectivity index is 0.00000220. The molecule has 22 heavy (non-hydrogen) atoms. The third-order valence-corrected chi connectivity index (χ3v) is 3.95. The lowest BCUT2D eigenvalue weighted by atomic mass is 10.0. The Morgan fingerprint density at radius 1 is 1.27 bits per heavy atom. The van der Waals surface area contributed by atoms with Gasteiger partial charge in [-0.05, 0) is 31.0 Å². The normalized spacial score (nSPS) is 16.4. The van der Waals surface area contributed by atoms with Gasteiger partial charge in [-0.3, -0.25) is 4.90 Å². The zero-order valence-electron chi connectivity index (χ0n) is 12.9. The minimum atomic E-state index is -0.372. The van der Waals surface area contributed by atoms with E-state index in [1.165, 1.54) is 0 Å². The molecule has 1 aliphatic heterocycles. The highest BCUT2D eigenvalue weighted by Gasteiger charge is 2.23. The minimum Gasteiger partial charge on any atom is -0.489 e.